The second kappa shape index (κ2) is 10.5. The summed E-state index contributed by atoms with van der Waals surface area (Å²) in [7, 11) is 0. The number of nitrogens with zero attached hydrogens (tertiary/aromatic N) is 4. The van der Waals surface area contributed by atoms with Crippen molar-refractivity contribution in [2.75, 3.05) is 55.7 Å². The standard InChI is InChI=1S/C24H27FN4O5/c25-19-5-1-2-6-20(19)27-13-15-28(16-14-27)23(30)17-34-24(31)18-9-11-26(12-10-18)21-7-3-4-8-22(21)29(32)33/h1-8,18H,9-17H2. The molecule has 2 heterocycles. The normalized spacial score (nSPS) is 16.9. The van der Waals surface area contributed by atoms with Gasteiger partial charge in [-0.25, -0.2) is 4.39 Å². The molecule has 0 radical (unpaired) electrons. The predicted molar refractivity (Wildman–Crippen MR) is 124 cm³/mol. The third kappa shape index (κ3) is 5.27. The quantitative estimate of drug-likeness (QED) is 0.364. The molecule has 0 atom stereocenters. The minimum atomic E-state index is -0.416. The Labute approximate surface area is 196 Å². The highest BCUT2D eigenvalue weighted by molar-refractivity contribution is 5.81. The molecule has 0 bridgehead atoms. The number of amides is 1. The summed E-state index contributed by atoms with van der Waals surface area (Å²) in [5.74, 6) is -1.31. The number of para-hydroxylation sites is 3. The van der Waals surface area contributed by atoms with E-state index in [0.29, 0.717) is 63.5 Å². The van der Waals surface area contributed by atoms with Crippen LogP contribution in [0.1, 0.15) is 12.8 Å². The van der Waals surface area contributed by atoms with E-state index in [9.17, 15) is 24.1 Å². The van der Waals surface area contributed by atoms with E-state index in [-0.39, 0.29) is 29.9 Å². The molecule has 0 unspecified atom stereocenters. The molecular weight excluding hydrogens is 443 g/mol. The molecule has 2 aliphatic rings. The van der Waals surface area contributed by atoms with Crippen molar-refractivity contribution in [3.8, 4) is 0 Å². The van der Waals surface area contributed by atoms with Gasteiger partial charge < -0.3 is 19.4 Å². The van der Waals surface area contributed by atoms with Gasteiger partial charge in [-0.3, -0.25) is 19.7 Å². The Kier molecular flexibility index (Phi) is 7.24. The number of hydrogen-bond donors (Lipinski definition) is 0. The molecule has 0 saturated carbocycles. The molecule has 0 N–H and O–H groups in total. The SMILES string of the molecule is O=C(OCC(=O)N1CCN(c2ccccc2F)CC1)C1CCN(c2ccccc2[N+](=O)[O-])CC1. The highest BCUT2D eigenvalue weighted by atomic mass is 19.1. The van der Waals surface area contributed by atoms with Crippen molar-refractivity contribution >= 4 is 28.9 Å². The maximum atomic E-state index is 14.0. The topological polar surface area (TPSA) is 96.2 Å². The van der Waals surface area contributed by atoms with Gasteiger partial charge in [0.15, 0.2) is 6.61 Å². The van der Waals surface area contributed by atoms with Gasteiger partial charge in [-0.15, -0.1) is 0 Å². The lowest BCUT2D eigenvalue weighted by atomic mass is 9.96. The van der Waals surface area contributed by atoms with Crippen molar-refractivity contribution in [3.63, 3.8) is 0 Å². The van der Waals surface area contributed by atoms with Crippen LogP contribution in [0.25, 0.3) is 0 Å². The molecule has 1 amide bonds. The van der Waals surface area contributed by atoms with Crippen LogP contribution in [0, 0.1) is 21.8 Å². The van der Waals surface area contributed by atoms with Gasteiger partial charge in [-0.1, -0.05) is 24.3 Å². The summed E-state index contributed by atoms with van der Waals surface area (Å²) in [6.07, 6.45) is 1.00. The monoisotopic (exact) mass is 470 g/mol. The number of esters is 1. The molecule has 4 rings (SSSR count). The molecule has 180 valence electrons. The summed E-state index contributed by atoms with van der Waals surface area (Å²) < 4.78 is 19.3. The van der Waals surface area contributed by atoms with Crippen LogP contribution in [0.3, 0.4) is 0 Å². The Morgan fingerprint density at radius 2 is 1.50 bits per heavy atom. The van der Waals surface area contributed by atoms with E-state index < -0.39 is 10.9 Å². The predicted octanol–water partition coefficient (Wildman–Crippen LogP) is 2.84. The maximum absolute atomic E-state index is 14.0. The van der Waals surface area contributed by atoms with Crippen LogP contribution in [0.2, 0.25) is 0 Å². The molecule has 2 aromatic carbocycles. The number of rotatable bonds is 6. The number of hydrogen-bond acceptors (Lipinski definition) is 7. The van der Waals surface area contributed by atoms with Crippen LogP contribution in [0.4, 0.5) is 21.5 Å². The summed E-state index contributed by atoms with van der Waals surface area (Å²) >= 11 is 0. The first-order chi connectivity index (χ1) is 16.4. The molecule has 0 aliphatic carbocycles. The van der Waals surface area contributed by atoms with E-state index >= 15 is 0 Å². The first kappa shape index (κ1) is 23.5. The largest absolute Gasteiger partial charge is 0.455 e. The fourth-order valence-corrected chi connectivity index (χ4v) is 4.49. The highest BCUT2D eigenvalue weighted by Crippen LogP contribution is 2.31. The van der Waals surface area contributed by atoms with Crippen molar-refractivity contribution in [1.29, 1.82) is 0 Å². The van der Waals surface area contributed by atoms with Gasteiger partial charge in [0, 0.05) is 45.3 Å². The van der Waals surface area contributed by atoms with E-state index in [2.05, 4.69) is 0 Å². The second-order valence-corrected chi connectivity index (χ2v) is 8.43. The summed E-state index contributed by atoms with van der Waals surface area (Å²) in [6.45, 7) is 2.55. The van der Waals surface area contributed by atoms with Crippen LogP contribution >= 0.6 is 0 Å². The Hall–Kier alpha value is -3.69. The molecule has 0 aromatic heterocycles. The minimum absolute atomic E-state index is 0.0456. The van der Waals surface area contributed by atoms with Gasteiger partial charge in [0.25, 0.3) is 11.6 Å². The van der Waals surface area contributed by atoms with Crippen LogP contribution in [0.5, 0.6) is 0 Å². The van der Waals surface area contributed by atoms with E-state index in [4.69, 9.17) is 4.74 Å². The van der Waals surface area contributed by atoms with Crippen molar-refractivity contribution in [1.82, 2.24) is 4.90 Å². The summed E-state index contributed by atoms with van der Waals surface area (Å²) in [4.78, 5) is 41.3. The Morgan fingerprint density at radius 1 is 0.912 bits per heavy atom. The fraction of sp³-hybridized carbons (Fsp3) is 0.417. The number of benzene rings is 2. The molecule has 2 saturated heterocycles. The molecule has 2 fully saturated rings. The lowest BCUT2D eigenvalue weighted by Crippen LogP contribution is -2.50. The van der Waals surface area contributed by atoms with Gasteiger partial charge in [0.1, 0.15) is 11.5 Å². The molecule has 0 spiro atoms. The fourth-order valence-electron chi connectivity index (χ4n) is 4.49. The third-order valence-corrected chi connectivity index (χ3v) is 6.41. The van der Waals surface area contributed by atoms with Crippen molar-refractivity contribution in [2.24, 2.45) is 5.92 Å². The molecule has 9 nitrogen and oxygen atoms in total. The number of ether oxygens (including phenoxy) is 1. The van der Waals surface area contributed by atoms with Crippen molar-refractivity contribution in [3.05, 3.63) is 64.5 Å². The van der Waals surface area contributed by atoms with Crippen molar-refractivity contribution in [2.45, 2.75) is 12.8 Å². The number of piperidine rings is 1. The lowest BCUT2D eigenvalue weighted by molar-refractivity contribution is -0.384. The number of carbonyl (C=O) groups is 2. The summed E-state index contributed by atoms with van der Waals surface area (Å²) in [6, 6.07) is 13.1. The average molecular weight is 471 g/mol. The molecule has 2 aliphatic heterocycles. The first-order valence-corrected chi connectivity index (χ1v) is 11.4. The zero-order valence-electron chi connectivity index (χ0n) is 18.8. The molecular formula is C24H27FN4O5. The van der Waals surface area contributed by atoms with Crippen LogP contribution in [0.15, 0.2) is 48.5 Å². The summed E-state index contributed by atoms with van der Waals surface area (Å²) in [5.41, 5.74) is 1.11. The van der Waals surface area contributed by atoms with Crippen molar-refractivity contribution < 1.29 is 23.6 Å². The zero-order valence-corrected chi connectivity index (χ0v) is 18.8. The van der Waals surface area contributed by atoms with E-state index in [0.717, 1.165) is 0 Å². The summed E-state index contributed by atoms with van der Waals surface area (Å²) in [5, 5.41) is 11.3. The number of carbonyl (C=O) groups excluding carboxylic acids is 2. The maximum Gasteiger partial charge on any atom is 0.309 e. The van der Waals surface area contributed by atoms with Gasteiger partial charge in [-0.2, -0.15) is 0 Å². The van der Waals surface area contributed by atoms with Gasteiger partial charge in [0.05, 0.1) is 16.5 Å². The van der Waals surface area contributed by atoms with Crippen LogP contribution in [-0.2, 0) is 14.3 Å². The zero-order chi connectivity index (χ0) is 24.1. The van der Waals surface area contributed by atoms with Crippen LogP contribution in [-0.4, -0.2) is 67.6 Å². The number of nitro groups is 1. The molecule has 10 heteroatoms. The Morgan fingerprint density at radius 3 is 2.15 bits per heavy atom. The first-order valence-electron chi connectivity index (χ1n) is 11.4. The van der Waals surface area contributed by atoms with E-state index in [1.54, 1.807) is 41.3 Å². The van der Waals surface area contributed by atoms with Gasteiger partial charge in [-0.05, 0) is 31.0 Å². The highest BCUT2D eigenvalue weighted by Gasteiger charge is 2.30. The van der Waals surface area contributed by atoms with Gasteiger partial charge in [0.2, 0.25) is 0 Å². The van der Waals surface area contributed by atoms with E-state index in [1.165, 1.54) is 12.1 Å². The van der Waals surface area contributed by atoms with E-state index in [1.807, 2.05) is 9.80 Å². The second-order valence-electron chi connectivity index (χ2n) is 8.43. The number of anilines is 2. The number of nitro benzene ring substituents is 1. The smallest absolute Gasteiger partial charge is 0.309 e. The average Bonchev–Trinajstić information content (AvgIpc) is 2.87. The van der Waals surface area contributed by atoms with Gasteiger partial charge >= 0.3 is 5.97 Å². The molecule has 34 heavy (non-hydrogen) atoms. The number of piperazine rings is 1. The van der Waals surface area contributed by atoms with Crippen LogP contribution < -0.4 is 9.80 Å². The molecule has 2 aromatic rings. The Balaban J connectivity index is 1.22. The lowest BCUT2D eigenvalue weighted by Gasteiger charge is -2.36. The number of halogens is 1. The third-order valence-electron chi connectivity index (χ3n) is 6.41. The Bertz CT molecular complexity index is 1050. The minimum Gasteiger partial charge on any atom is -0.455 e.